The van der Waals surface area contributed by atoms with Gasteiger partial charge < -0.3 is 10.5 Å². The quantitative estimate of drug-likeness (QED) is 0.394. The molecule has 0 aliphatic heterocycles. The number of nitrogens with zero attached hydrogens (tertiary/aromatic N) is 2. The van der Waals surface area contributed by atoms with Gasteiger partial charge in [-0.15, -0.1) is 0 Å². The number of hydrogen-bond donors (Lipinski definition) is 1. The number of pyridine rings is 2. The highest BCUT2D eigenvalue weighted by atomic mass is 16.5. The van der Waals surface area contributed by atoms with E-state index in [1.807, 2.05) is 6.20 Å². The number of nitrogen functional groups attached to an aromatic ring is 1. The summed E-state index contributed by atoms with van der Waals surface area (Å²) in [7, 11) is 0. The standard InChI is InChI=1S/C26H29N3O/c1-17(2)12-13-30-21-9-7-19(8-10-21)5-6-20-15-23-22-11-4-18(3)14-24(22)29-26(27)25(23)28-16-20/h4,7-11,14-17H,5-6,12-13H2,1-3H3,(H2,27,29). The molecule has 0 aliphatic carbocycles. The third-order valence-electron chi connectivity index (χ3n) is 5.46. The van der Waals surface area contributed by atoms with Crippen LogP contribution in [0.5, 0.6) is 5.75 Å². The minimum Gasteiger partial charge on any atom is -0.494 e. The van der Waals surface area contributed by atoms with Crippen molar-refractivity contribution in [3.63, 3.8) is 0 Å². The predicted octanol–water partition coefficient (Wildman–Crippen LogP) is 5.88. The number of aromatic nitrogens is 2. The molecule has 30 heavy (non-hydrogen) atoms. The monoisotopic (exact) mass is 399 g/mol. The molecule has 2 N–H and O–H groups in total. The van der Waals surface area contributed by atoms with Crippen LogP contribution in [0.2, 0.25) is 0 Å². The summed E-state index contributed by atoms with van der Waals surface area (Å²) < 4.78 is 5.82. The third kappa shape index (κ3) is 4.54. The molecule has 0 atom stereocenters. The molecule has 154 valence electrons. The average molecular weight is 400 g/mol. The van der Waals surface area contributed by atoms with Crippen molar-refractivity contribution in [2.75, 3.05) is 12.3 Å². The van der Waals surface area contributed by atoms with Crippen molar-refractivity contribution in [2.24, 2.45) is 5.92 Å². The van der Waals surface area contributed by atoms with Gasteiger partial charge in [0.2, 0.25) is 0 Å². The summed E-state index contributed by atoms with van der Waals surface area (Å²) in [5.74, 6) is 2.09. The molecule has 4 heteroatoms. The lowest BCUT2D eigenvalue weighted by atomic mass is 10.0. The van der Waals surface area contributed by atoms with E-state index < -0.39 is 0 Å². The molecule has 0 spiro atoms. The molecule has 2 aromatic heterocycles. The van der Waals surface area contributed by atoms with Crippen molar-refractivity contribution in [1.82, 2.24) is 9.97 Å². The Bertz CT molecular complexity index is 1170. The Kier molecular flexibility index (Phi) is 5.84. The number of fused-ring (bicyclic) bond motifs is 3. The van der Waals surface area contributed by atoms with Crippen LogP contribution in [0.3, 0.4) is 0 Å². The van der Waals surface area contributed by atoms with Gasteiger partial charge in [0.25, 0.3) is 0 Å². The lowest BCUT2D eigenvalue weighted by molar-refractivity contribution is 0.289. The van der Waals surface area contributed by atoms with E-state index in [2.05, 4.69) is 79.3 Å². The maximum Gasteiger partial charge on any atom is 0.150 e. The van der Waals surface area contributed by atoms with Crippen LogP contribution in [0.15, 0.2) is 54.7 Å². The summed E-state index contributed by atoms with van der Waals surface area (Å²) in [6.07, 6.45) is 4.87. The first kappa shape index (κ1) is 20.1. The summed E-state index contributed by atoms with van der Waals surface area (Å²) in [5, 5.41) is 2.17. The van der Waals surface area contributed by atoms with Crippen molar-refractivity contribution < 1.29 is 4.74 Å². The van der Waals surface area contributed by atoms with Crippen LogP contribution >= 0.6 is 0 Å². The van der Waals surface area contributed by atoms with E-state index in [0.29, 0.717) is 11.7 Å². The zero-order chi connectivity index (χ0) is 21.1. The number of hydrogen-bond acceptors (Lipinski definition) is 4. The molecule has 4 nitrogen and oxygen atoms in total. The minimum absolute atomic E-state index is 0.489. The van der Waals surface area contributed by atoms with Gasteiger partial charge in [-0.25, -0.2) is 4.98 Å². The van der Waals surface area contributed by atoms with E-state index in [4.69, 9.17) is 10.5 Å². The van der Waals surface area contributed by atoms with Gasteiger partial charge in [0.15, 0.2) is 5.82 Å². The van der Waals surface area contributed by atoms with Crippen LogP contribution in [0.4, 0.5) is 5.82 Å². The lowest BCUT2D eigenvalue weighted by Crippen LogP contribution is -2.01. The van der Waals surface area contributed by atoms with E-state index in [0.717, 1.165) is 53.4 Å². The Hall–Kier alpha value is -3.14. The van der Waals surface area contributed by atoms with E-state index in [1.165, 1.54) is 16.7 Å². The first-order chi connectivity index (χ1) is 14.5. The third-order valence-corrected chi connectivity index (χ3v) is 5.46. The SMILES string of the molecule is Cc1ccc2c(c1)nc(N)c1ncc(CCc3ccc(OCCC(C)C)cc3)cc12. The fraction of sp³-hybridized carbons (Fsp3) is 0.308. The van der Waals surface area contributed by atoms with Crippen LogP contribution in [0.1, 0.15) is 37.0 Å². The molecule has 4 rings (SSSR count). The molecule has 0 fully saturated rings. The second-order valence-electron chi connectivity index (χ2n) is 8.43. The Labute approximate surface area is 178 Å². The van der Waals surface area contributed by atoms with Gasteiger partial charge in [-0.05, 0) is 73.1 Å². The molecule has 0 saturated heterocycles. The molecule has 0 saturated carbocycles. The maximum absolute atomic E-state index is 6.17. The molecule has 2 heterocycles. The summed E-state index contributed by atoms with van der Waals surface area (Å²) in [6.45, 7) is 7.26. The maximum atomic E-state index is 6.17. The normalized spacial score (nSPS) is 11.5. The number of benzene rings is 2. The molecular formula is C26H29N3O. The molecule has 0 aliphatic rings. The Morgan fingerprint density at radius 3 is 2.47 bits per heavy atom. The molecule has 0 unspecified atom stereocenters. The van der Waals surface area contributed by atoms with Crippen LogP contribution in [-0.4, -0.2) is 16.6 Å². The average Bonchev–Trinajstić information content (AvgIpc) is 2.72. The Morgan fingerprint density at radius 1 is 0.933 bits per heavy atom. The largest absolute Gasteiger partial charge is 0.494 e. The number of aryl methyl sites for hydroxylation is 3. The topological polar surface area (TPSA) is 61.0 Å². The molecule has 0 amide bonds. The van der Waals surface area contributed by atoms with Gasteiger partial charge in [0.1, 0.15) is 11.3 Å². The highest BCUT2D eigenvalue weighted by Gasteiger charge is 2.09. The van der Waals surface area contributed by atoms with Gasteiger partial charge in [0, 0.05) is 17.0 Å². The summed E-state index contributed by atoms with van der Waals surface area (Å²) in [6, 6.07) is 16.9. The Morgan fingerprint density at radius 2 is 1.70 bits per heavy atom. The molecule has 4 aromatic rings. The molecular weight excluding hydrogens is 370 g/mol. The van der Waals surface area contributed by atoms with Gasteiger partial charge in [-0.3, -0.25) is 4.98 Å². The molecule has 2 aromatic carbocycles. The van der Waals surface area contributed by atoms with E-state index in [1.54, 1.807) is 0 Å². The van der Waals surface area contributed by atoms with Crippen LogP contribution in [-0.2, 0) is 12.8 Å². The zero-order valence-electron chi connectivity index (χ0n) is 18.0. The number of ether oxygens (including phenoxy) is 1. The second kappa shape index (κ2) is 8.70. The summed E-state index contributed by atoms with van der Waals surface area (Å²) in [5.41, 5.74) is 11.5. The van der Waals surface area contributed by atoms with Crippen molar-refractivity contribution in [3.8, 4) is 5.75 Å². The van der Waals surface area contributed by atoms with Crippen molar-refractivity contribution >= 4 is 27.6 Å². The van der Waals surface area contributed by atoms with E-state index >= 15 is 0 Å². The van der Waals surface area contributed by atoms with Crippen molar-refractivity contribution in [1.29, 1.82) is 0 Å². The molecule has 0 bridgehead atoms. The van der Waals surface area contributed by atoms with Crippen LogP contribution in [0, 0.1) is 12.8 Å². The van der Waals surface area contributed by atoms with Crippen LogP contribution in [0.25, 0.3) is 21.8 Å². The van der Waals surface area contributed by atoms with E-state index in [9.17, 15) is 0 Å². The first-order valence-electron chi connectivity index (χ1n) is 10.7. The number of anilines is 1. The number of nitrogens with two attached hydrogens (primary N) is 1. The second-order valence-corrected chi connectivity index (χ2v) is 8.43. The smallest absolute Gasteiger partial charge is 0.150 e. The van der Waals surface area contributed by atoms with E-state index in [-0.39, 0.29) is 0 Å². The fourth-order valence-electron chi connectivity index (χ4n) is 3.65. The van der Waals surface area contributed by atoms with Gasteiger partial charge in [-0.1, -0.05) is 38.1 Å². The summed E-state index contributed by atoms with van der Waals surface area (Å²) >= 11 is 0. The zero-order valence-corrected chi connectivity index (χ0v) is 18.0. The summed E-state index contributed by atoms with van der Waals surface area (Å²) in [4.78, 5) is 9.15. The van der Waals surface area contributed by atoms with Crippen molar-refractivity contribution in [3.05, 3.63) is 71.4 Å². The first-order valence-corrected chi connectivity index (χ1v) is 10.7. The van der Waals surface area contributed by atoms with Gasteiger partial charge in [-0.2, -0.15) is 0 Å². The van der Waals surface area contributed by atoms with Crippen LogP contribution < -0.4 is 10.5 Å². The predicted molar refractivity (Wildman–Crippen MR) is 125 cm³/mol. The number of rotatable bonds is 7. The Balaban J connectivity index is 1.49. The minimum atomic E-state index is 0.489. The highest BCUT2D eigenvalue weighted by Crippen LogP contribution is 2.28. The van der Waals surface area contributed by atoms with Crippen molar-refractivity contribution in [2.45, 2.75) is 40.0 Å². The highest BCUT2D eigenvalue weighted by molar-refractivity contribution is 6.08. The fourth-order valence-corrected chi connectivity index (χ4v) is 3.65. The lowest BCUT2D eigenvalue weighted by Gasteiger charge is -2.10. The van der Waals surface area contributed by atoms with Gasteiger partial charge in [0.05, 0.1) is 12.1 Å². The van der Waals surface area contributed by atoms with Gasteiger partial charge >= 0.3 is 0 Å². The molecule has 0 radical (unpaired) electrons.